The monoisotopic (exact) mass is 484 g/mol. The van der Waals surface area contributed by atoms with Gasteiger partial charge in [-0.3, -0.25) is 9.80 Å². The molecule has 1 atom stereocenters. The van der Waals surface area contributed by atoms with Crippen molar-refractivity contribution in [3.8, 4) is 0 Å². The van der Waals surface area contributed by atoms with Crippen LogP contribution in [0.5, 0.6) is 0 Å². The smallest absolute Gasteiger partial charge is 0.0602 e. The molecule has 0 aromatic heterocycles. The van der Waals surface area contributed by atoms with E-state index in [2.05, 4.69) is 155 Å². The normalized spacial score (nSPS) is 16.0. The van der Waals surface area contributed by atoms with Crippen molar-refractivity contribution in [2.75, 3.05) is 26.2 Å². The number of piperazine rings is 1. The van der Waals surface area contributed by atoms with Gasteiger partial charge in [0.05, 0.1) is 6.04 Å². The van der Waals surface area contributed by atoms with Gasteiger partial charge in [0, 0.05) is 32.2 Å². The molecule has 4 aromatic carbocycles. The summed E-state index contributed by atoms with van der Waals surface area (Å²) in [6.45, 7) is 4.21. The third-order valence-corrected chi connectivity index (χ3v) is 7.21. The van der Waals surface area contributed by atoms with Crippen LogP contribution in [-0.2, 0) is 0 Å². The number of nitrogens with zero attached hydrogens (tertiary/aromatic N) is 2. The molecule has 0 radical (unpaired) electrons. The van der Waals surface area contributed by atoms with Gasteiger partial charge in [-0.25, -0.2) is 0 Å². The summed E-state index contributed by atoms with van der Waals surface area (Å²) in [5.41, 5.74) is 5.25. The lowest BCUT2D eigenvalue weighted by atomic mass is 9.96. The van der Waals surface area contributed by atoms with E-state index < -0.39 is 0 Å². The number of benzene rings is 4. The van der Waals surface area contributed by atoms with Gasteiger partial charge in [-0.2, -0.15) is 0 Å². The van der Waals surface area contributed by atoms with Crippen LogP contribution in [0.1, 0.15) is 34.7 Å². The summed E-state index contributed by atoms with van der Waals surface area (Å²) in [7, 11) is 0. The minimum atomic E-state index is 0.292. The maximum atomic E-state index is 2.65. The molecule has 0 spiro atoms. The molecule has 4 aromatic rings. The molecule has 37 heavy (non-hydrogen) atoms. The highest BCUT2D eigenvalue weighted by molar-refractivity contribution is 5.51. The molecule has 0 N–H and O–H groups in total. The summed E-state index contributed by atoms with van der Waals surface area (Å²) in [5, 5.41) is 0. The molecular weight excluding hydrogens is 448 g/mol. The quantitative estimate of drug-likeness (QED) is 0.242. The molecule has 2 heteroatoms. The Balaban J connectivity index is 1.31. The maximum absolute atomic E-state index is 2.65. The zero-order chi connectivity index (χ0) is 25.1. The lowest BCUT2D eigenvalue weighted by molar-refractivity contribution is 0.0928. The first-order valence-electron chi connectivity index (χ1n) is 13.4. The zero-order valence-corrected chi connectivity index (χ0v) is 21.4. The molecule has 2 nitrogen and oxygen atoms in total. The lowest BCUT2D eigenvalue weighted by Gasteiger charge is -2.42. The van der Waals surface area contributed by atoms with Crippen LogP contribution in [0.15, 0.2) is 133 Å². The van der Waals surface area contributed by atoms with Crippen LogP contribution in [0.25, 0.3) is 12.2 Å². The van der Waals surface area contributed by atoms with Crippen molar-refractivity contribution in [3.63, 3.8) is 0 Å². The standard InChI is InChI=1S/C35H36N2/c1-5-14-30(15-6-1)18-13-23-34(25-24-31-16-7-2-8-17-31)36-26-28-37(29-27-36)35(32-19-9-3-10-20-32)33-21-11-4-12-22-33/h1-22,24-25,34-35H,23,26-29H2/b18-13+,25-24+/t34-/m0/s1. The van der Waals surface area contributed by atoms with Gasteiger partial charge in [0.2, 0.25) is 0 Å². The second kappa shape index (κ2) is 13.0. The average Bonchev–Trinajstić information content (AvgIpc) is 2.98. The molecule has 1 saturated heterocycles. The van der Waals surface area contributed by atoms with Gasteiger partial charge in [-0.05, 0) is 28.7 Å². The zero-order valence-electron chi connectivity index (χ0n) is 21.4. The Morgan fingerprint density at radius 3 is 1.46 bits per heavy atom. The topological polar surface area (TPSA) is 6.48 Å². The third kappa shape index (κ3) is 6.95. The van der Waals surface area contributed by atoms with E-state index in [1.807, 2.05) is 0 Å². The van der Waals surface area contributed by atoms with Gasteiger partial charge < -0.3 is 0 Å². The molecular formula is C35H36N2. The van der Waals surface area contributed by atoms with E-state index in [-0.39, 0.29) is 0 Å². The number of rotatable bonds is 9. The summed E-state index contributed by atoms with van der Waals surface area (Å²) in [4.78, 5) is 5.30. The Bertz CT molecular complexity index is 1200. The average molecular weight is 485 g/mol. The fourth-order valence-electron chi connectivity index (χ4n) is 5.26. The molecule has 1 heterocycles. The van der Waals surface area contributed by atoms with Gasteiger partial charge >= 0.3 is 0 Å². The van der Waals surface area contributed by atoms with Gasteiger partial charge in [-0.1, -0.05) is 146 Å². The van der Waals surface area contributed by atoms with Crippen LogP contribution in [0, 0.1) is 0 Å². The van der Waals surface area contributed by atoms with E-state index in [0.717, 1.165) is 32.6 Å². The SMILES string of the molecule is C(=C\c1ccccc1)/C[C@@H](/C=C/c1ccccc1)N1CCN(C(c2ccccc2)c2ccccc2)CC1. The Kier molecular flexibility index (Phi) is 8.77. The van der Waals surface area contributed by atoms with Crippen molar-refractivity contribution in [2.24, 2.45) is 0 Å². The summed E-state index contributed by atoms with van der Waals surface area (Å²) < 4.78 is 0. The molecule has 1 aliphatic heterocycles. The van der Waals surface area contributed by atoms with Crippen LogP contribution < -0.4 is 0 Å². The Hall–Kier alpha value is -3.72. The Morgan fingerprint density at radius 1 is 0.514 bits per heavy atom. The van der Waals surface area contributed by atoms with E-state index in [9.17, 15) is 0 Å². The van der Waals surface area contributed by atoms with Crippen molar-refractivity contribution in [2.45, 2.75) is 18.5 Å². The third-order valence-electron chi connectivity index (χ3n) is 7.21. The fraction of sp³-hybridized carbons (Fsp3) is 0.200. The van der Waals surface area contributed by atoms with Crippen molar-refractivity contribution in [3.05, 3.63) is 156 Å². The highest BCUT2D eigenvalue weighted by Crippen LogP contribution is 2.30. The number of hydrogen-bond donors (Lipinski definition) is 0. The van der Waals surface area contributed by atoms with Crippen molar-refractivity contribution in [1.82, 2.24) is 9.80 Å². The van der Waals surface area contributed by atoms with E-state index in [4.69, 9.17) is 0 Å². The van der Waals surface area contributed by atoms with E-state index >= 15 is 0 Å². The fourth-order valence-corrected chi connectivity index (χ4v) is 5.26. The van der Waals surface area contributed by atoms with Crippen LogP contribution in [0.4, 0.5) is 0 Å². The second-order valence-electron chi connectivity index (χ2n) is 9.68. The Labute approximate surface area is 222 Å². The van der Waals surface area contributed by atoms with Gasteiger partial charge in [-0.15, -0.1) is 0 Å². The summed E-state index contributed by atoms with van der Waals surface area (Å²) in [6, 6.07) is 43.8. The molecule has 0 bridgehead atoms. The van der Waals surface area contributed by atoms with Crippen molar-refractivity contribution < 1.29 is 0 Å². The highest BCUT2D eigenvalue weighted by atomic mass is 15.3. The molecule has 0 amide bonds. The van der Waals surface area contributed by atoms with E-state index in [1.54, 1.807) is 0 Å². The van der Waals surface area contributed by atoms with Gasteiger partial charge in [0.25, 0.3) is 0 Å². The maximum Gasteiger partial charge on any atom is 0.0602 e. The first kappa shape index (κ1) is 25.0. The molecule has 1 aliphatic rings. The first-order valence-corrected chi connectivity index (χ1v) is 13.4. The van der Waals surface area contributed by atoms with E-state index in [1.165, 1.54) is 22.3 Å². The van der Waals surface area contributed by atoms with Crippen LogP contribution >= 0.6 is 0 Å². The van der Waals surface area contributed by atoms with Gasteiger partial charge in [0.1, 0.15) is 0 Å². The first-order chi connectivity index (χ1) is 18.4. The summed E-state index contributed by atoms with van der Waals surface area (Å²) in [5.74, 6) is 0. The molecule has 186 valence electrons. The summed E-state index contributed by atoms with van der Waals surface area (Å²) in [6.07, 6.45) is 10.3. The molecule has 1 fully saturated rings. The second-order valence-corrected chi connectivity index (χ2v) is 9.68. The highest BCUT2D eigenvalue weighted by Gasteiger charge is 2.28. The van der Waals surface area contributed by atoms with E-state index in [0.29, 0.717) is 12.1 Å². The van der Waals surface area contributed by atoms with Crippen molar-refractivity contribution >= 4 is 12.2 Å². The van der Waals surface area contributed by atoms with Crippen LogP contribution in [0.2, 0.25) is 0 Å². The predicted molar refractivity (Wildman–Crippen MR) is 157 cm³/mol. The Morgan fingerprint density at radius 2 is 0.946 bits per heavy atom. The van der Waals surface area contributed by atoms with Crippen molar-refractivity contribution in [1.29, 1.82) is 0 Å². The molecule has 0 aliphatic carbocycles. The largest absolute Gasteiger partial charge is 0.294 e. The lowest BCUT2D eigenvalue weighted by Crippen LogP contribution is -2.50. The van der Waals surface area contributed by atoms with Crippen LogP contribution in [-0.4, -0.2) is 42.0 Å². The minimum absolute atomic E-state index is 0.292. The predicted octanol–water partition coefficient (Wildman–Crippen LogP) is 7.58. The summed E-state index contributed by atoms with van der Waals surface area (Å²) >= 11 is 0. The molecule has 0 saturated carbocycles. The molecule has 0 unspecified atom stereocenters. The number of hydrogen-bond acceptors (Lipinski definition) is 2. The minimum Gasteiger partial charge on any atom is -0.294 e. The van der Waals surface area contributed by atoms with Gasteiger partial charge in [0.15, 0.2) is 0 Å². The molecule has 5 rings (SSSR count). The van der Waals surface area contributed by atoms with Crippen LogP contribution in [0.3, 0.4) is 0 Å².